The molecule has 9 heteroatoms. The van der Waals surface area contributed by atoms with Crippen LogP contribution in [0.4, 0.5) is 5.82 Å². The van der Waals surface area contributed by atoms with Gasteiger partial charge >= 0.3 is 0 Å². The zero-order chi connectivity index (χ0) is 14.8. The molecule has 2 rings (SSSR count). The van der Waals surface area contributed by atoms with Crippen molar-refractivity contribution in [3.8, 4) is 0 Å². The van der Waals surface area contributed by atoms with Gasteiger partial charge in [0.2, 0.25) is 0 Å². The summed E-state index contributed by atoms with van der Waals surface area (Å²) in [7, 11) is -2.40. The summed E-state index contributed by atoms with van der Waals surface area (Å²) in [6.07, 6.45) is 0. The van der Waals surface area contributed by atoms with E-state index in [1.54, 1.807) is 12.1 Å². The number of rotatable bonds is 4. The largest absolute Gasteiger partial charge is 0.354 e. The van der Waals surface area contributed by atoms with Crippen LogP contribution in [0.5, 0.6) is 0 Å². The van der Waals surface area contributed by atoms with Gasteiger partial charge in [-0.15, -0.1) is 10.2 Å². The fraction of sp³-hybridized carbons (Fsp3) is 0.182. The average Bonchev–Trinajstić information content (AvgIpc) is 2.85. The second kappa shape index (κ2) is 5.29. The van der Waals surface area contributed by atoms with Gasteiger partial charge in [-0.1, -0.05) is 17.7 Å². The molecule has 20 heavy (non-hydrogen) atoms. The standard InChI is InChI=1S/C11H13N5O3S/c1-7-3-5-8(6-4-7)20(18,19)15-10-9(11(17)12-2)13-16-14-10/h3-6H,1-2H3,(H,12,17)(H2,13,14,15,16). The summed E-state index contributed by atoms with van der Waals surface area (Å²) in [5.74, 6) is -0.690. The van der Waals surface area contributed by atoms with Gasteiger partial charge in [0.25, 0.3) is 15.9 Å². The van der Waals surface area contributed by atoms with Crippen LogP contribution in [0.2, 0.25) is 0 Å². The number of carbonyl (C=O) groups excluding carboxylic acids is 1. The Hall–Kier alpha value is -2.42. The molecule has 0 spiro atoms. The van der Waals surface area contributed by atoms with E-state index in [1.807, 2.05) is 6.92 Å². The van der Waals surface area contributed by atoms with Crippen LogP contribution in [0.3, 0.4) is 0 Å². The van der Waals surface area contributed by atoms with Crippen LogP contribution < -0.4 is 10.0 Å². The third kappa shape index (κ3) is 2.77. The first-order valence-corrected chi connectivity index (χ1v) is 7.14. The summed E-state index contributed by atoms with van der Waals surface area (Å²) in [5.41, 5.74) is 0.819. The first-order valence-electron chi connectivity index (χ1n) is 5.66. The Morgan fingerprint density at radius 1 is 1.20 bits per heavy atom. The van der Waals surface area contributed by atoms with Crippen molar-refractivity contribution >= 4 is 21.7 Å². The molecule has 0 aliphatic rings. The van der Waals surface area contributed by atoms with E-state index in [9.17, 15) is 13.2 Å². The molecule has 0 unspecified atom stereocenters. The highest BCUT2D eigenvalue weighted by Gasteiger charge is 2.21. The zero-order valence-electron chi connectivity index (χ0n) is 10.8. The topological polar surface area (TPSA) is 117 Å². The van der Waals surface area contributed by atoms with E-state index < -0.39 is 15.9 Å². The van der Waals surface area contributed by atoms with Crippen molar-refractivity contribution in [2.75, 3.05) is 11.8 Å². The molecule has 1 heterocycles. The van der Waals surface area contributed by atoms with Crippen LogP contribution in [-0.4, -0.2) is 36.8 Å². The lowest BCUT2D eigenvalue weighted by atomic mass is 10.2. The van der Waals surface area contributed by atoms with Crippen molar-refractivity contribution in [1.29, 1.82) is 0 Å². The molecule has 0 aliphatic carbocycles. The van der Waals surface area contributed by atoms with Gasteiger partial charge in [-0.2, -0.15) is 5.21 Å². The van der Waals surface area contributed by atoms with Crippen LogP contribution in [0.25, 0.3) is 0 Å². The van der Waals surface area contributed by atoms with Crippen molar-refractivity contribution in [2.45, 2.75) is 11.8 Å². The van der Waals surface area contributed by atoms with E-state index >= 15 is 0 Å². The number of aromatic amines is 1. The number of hydrogen-bond donors (Lipinski definition) is 3. The number of amides is 1. The Kier molecular flexibility index (Phi) is 3.70. The molecule has 106 valence electrons. The summed E-state index contributed by atoms with van der Waals surface area (Å²) in [6, 6.07) is 6.29. The van der Waals surface area contributed by atoms with Gasteiger partial charge in [-0.25, -0.2) is 8.42 Å². The van der Waals surface area contributed by atoms with Crippen molar-refractivity contribution in [3.63, 3.8) is 0 Å². The summed E-state index contributed by atoms with van der Waals surface area (Å²) in [4.78, 5) is 11.6. The molecule has 1 amide bonds. The fourth-order valence-corrected chi connectivity index (χ4v) is 2.49. The minimum absolute atomic E-state index is 0.0777. The number of benzene rings is 1. The number of aryl methyl sites for hydroxylation is 1. The highest BCUT2D eigenvalue weighted by Crippen LogP contribution is 2.16. The molecule has 8 nitrogen and oxygen atoms in total. The highest BCUT2D eigenvalue weighted by molar-refractivity contribution is 7.92. The quantitative estimate of drug-likeness (QED) is 0.748. The number of hydrogen-bond acceptors (Lipinski definition) is 5. The Labute approximate surface area is 115 Å². The molecular weight excluding hydrogens is 282 g/mol. The van der Waals surface area contributed by atoms with Crippen molar-refractivity contribution in [2.24, 2.45) is 0 Å². The number of nitrogens with zero attached hydrogens (tertiary/aromatic N) is 2. The van der Waals surface area contributed by atoms with E-state index in [2.05, 4.69) is 25.4 Å². The van der Waals surface area contributed by atoms with Gasteiger partial charge < -0.3 is 5.32 Å². The number of aromatic nitrogens is 3. The number of nitrogens with one attached hydrogen (secondary N) is 3. The van der Waals surface area contributed by atoms with Crippen LogP contribution in [-0.2, 0) is 10.0 Å². The Balaban J connectivity index is 2.32. The molecule has 0 radical (unpaired) electrons. The van der Waals surface area contributed by atoms with Crippen LogP contribution in [0, 0.1) is 6.92 Å². The summed E-state index contributed by atoms with van der Waals surface area (Å²) < 4.78 is 26.5. The number of anilines is 1. The summed E-state index contributed by atoms with van der Waals surface area (Å²) >= 11 is 0. The Morgan fingerprint density at radius 2 is 1.85 bits per heavy atom. The molecule has 1 aromatic carbocycles. The lowest BCUT2D eigenvalue weighted by Gasteiger charge is -2.06. The smallest absolute Gasteiger partial charge is 0.275 e. The lowest BCUT2D eigenvalue weighted by Crippen LogP contribution is -2.21. The van der Waals surface area contributed by atoms with E-state index in [-0.39, 0.29) is 16.4 Å². The van der Waals surface area contributed by atoms with Crippen LogP contribution >= 0.6 is 0 Å². The predicted molar refractivity (Wildman–Crippen MR) is 71.8 cm³/mol. The maximum atomic E-state index is 12.1. The van der Waals surface area contributed by atoms with Gasteiger partial charge in [0, 0.05) is 7.05 Å². The van der Waals surface area contributed by atoms with Gasteiger partial charge in [-0.3, -0.25) is 9.52 Å². The van der Waals surface area contributed by atoms with Crippen LogP contribution in [0.15, 0.2) is 29.2 Å². The van der Waals surface area contributed by atoms with E-state index in [4.69, 9.17) is 0 Å². The first-order chi connectivity index (χ1) is 9.44. The zero-order valence-corrected chi connectivity index (χ0v) is 11.7. The van der Waals surface area contributed by atoms with Crippen molar-refractivity contribution in [1.82, 2.24) is 20.7 Å². The SMILES string of the molecule is CNC(=O)c1n[nH]nc1NS(=O)(=O)c1ccc(C)cc1. The molecule has 1 aromatic heterocycles. The van der Waals surface area contributed by atoms with Gasteiger partial charge in [0.05, 0.1) is 4.90 Å². The fourth-order valence-electron chi connectivity index (χ4n) is 1.48. The van der Waals surface area contributed by atoms with E-state index in [0.29, 0.717) is 0 Å². The highest BCUT2D eigenvalue weighted by atomic mass is 32.2. The average molecular weight is 295 g/mol. The molecule has 0 fully saturated rings. The van der Waals surface area contributed by atoms with Crippen molar-refractivity contribution < 1.29 is 13.2 Å². The molecule has 0 aliphatic heterocycles. The lowest BCUT2D eigenvalue weighted by molar-refractivity contribution is 0.0959. The minimum Gasteiger partial charge on any atom is -0.354 e. The Morgan fingerprint density at radius 3 is 2.45 bits per heavy atom. The van der Waals surface area contributed by atoms with E-state index in [0.717, 1.165) is 5.56 Å². The monoisotopic (exact) mass is 295 g/mol. The number of sulfonamides is 1. The second-order valence-electron chi connectivity index (χ2n) is 4.02. The molecule has 0 saturated heterocycles. The number of H-pyrrole nitrogens is 1. The van der Waals surface area contributed by atoms with Crippen molar-refractivity contribution in [3.05, 3.63) is 35.5 Å². The second-order valence-corrected chi connectivity index (χ2v) is 5.70. The van der Waals surface area contributed by atoms with Gasteiger partial charge in [-0.05, 0) is 19.1 Å². The Bertz CT molecular complexity index is 721. The summed E-state index contributed by atoms with van der Waals surface area (Å²) in [6.45, 7) is 1.85. The molecule has 0 saturated carbocycles. The maximum absolute atomic E-state index is 12.1. The third-order valence-electron chi connectivity index (χ3n) is 2.55. The van der Waals surface area contributed by atoms with Crippen LogP contribution in [0.1, 0.15) is 16.1 Å². The molecule has 2 aromatic rings. The molecule has 0 bridgehead atoms. The molecule has 3 N–H and O–H groups in total. The summed E-state index contributed by atoms with van der Waals surface area (Å²) in [5, 5.41) is 11.8. The molecule has 0 atom stereocenters. The third-order valence-corrected chi connectivity index (χ3v) is 3.91. The normalized spacial score (nSPS) is 11.1. The maximum Gasteiger partial charge on any atom is 0.275 e. The van der Waals surface area contributed by atoms with E-state index in [1.165, 1.54) is 19.2 Å². The minimum atomic E-state index is -3.82. The predicted octanol–water partition coefficient (Wildman–Crippen LogP) is 0.274. The first kappa shape index (κ1) is 14.0. The van der Waals surface area contributed by atoms with Gasteiger partial charge in [0.15, 0.2) is 11.5 Å². The number of carbonyl (C=O) groups is 1. The molecular formula is C11H13N5O3S. The van der Waals surface area contributed by atoms with Gasteiger partial charge in [0.1, 0.15) is 0 Å².